The normalized spacial score (nSPS) is 17.7. The standard InChI is InChI=1S/C21H34N6/c1-4-13-26(5-2)15-12-24-21(23-3)25-19-10-8-14-27(17-19)20-11-7-6-9-18(20)16-22/h6-7,9,11,19H,4-5,8,10,12-15,17H2,1-3H3,(H2,23,24,25). The van der Waals surface area contributed by atoms with Gasteiger partial charge in [-0.05, 0) is 44.5 Å². The van der Waals surface area contributed by atoms with Gasteiger partial charge >= 0.3 is 0 Å². The van der Waals surface area contributed by atoms with E-state index in [1.54, 1.807) is 0 Å². The lowest BCUT2D eigenvalue weighted by molar-refractivity contribution is 0.292. The molecule has 0 aromatic heterocycles. The van der Waals surface area contributed by atoms with Crippen LogP contribution in [-0.2, 0) is 0 Å². The molecule has 1 aliphatic heterocycles. The van der Waals surface area contributed by atoms with Gasteiger partial charge in [0, 0.05) is 39.3 Å². The fourth-order valence-electron chi connectivity index (χ4n) is 3.62. The zero-order chi connectivity index (χ0) is 19.5. The van der Waals surface area contributed by atoms with Gasteiger partial charge in [0.2, 0.25) is 0 Å². The second-order valence-corrected chi connectivity index (χ2v) is 6.99. The molecular formula is C21H34N6. The van der Waals surface area contributed by atoms with Crippen molar-refractivity contribution in [1.82, 2.24) is 15.5 Å². The smallest absolute Gasteiger partial charge is 0.191 e. The monoisotopic (exact) mass is 370 g/mol. The van der Waals surface area contributed by atoms with E-state index in [0.717, 1.165) is 69.3 Å². The summed E-state index contributed by atoms with van der Waals surface area (Å²) in [5.41, 5.74) is 1.78. The van der Waals surface area contributed by atoms with E-state index in [1.807, 2.05) is 31.3 Å². The van der Waals surface area contributed by atoms with Gasteiger partial charge in [0.15, 0.2) is 5.96 Å². The Bertz CT molecular complexity index is 636. The molecule has 1 fully saturated rings. The molecule has 1 unspecified atom stereocenters. The van der Waals surface area contributed by atoms with Crippen LogP contribution < -0.4 is 15.5 Å². The first-order chi connectivity index (χ1) is 13.2. The van der Waals surface area contributed by atoms with Crippen LogP contribution in [0.2, 0.25) is 0 Å². The Hall–Kier alpha value is -2.26. The third kappa shape index (κ3) is 6.44. The summed E-state index contributed by atoms with van der Waals surface area (Å²) < 4.78 is 0. The van der Waals surface area contributed by atoms with Gasteiger partial charge in [-0.25, -0.2) is 0 Å². The second kappa shape index (κ2) is 11.5. The van der Waals surface area contributed by atoms with Crippen molar-refractivity contribution in [2.45, 2.75) is 39.2 Å². The van der Waals surface area contributed by atoms with Crippen LogP contribution >= 0.6 is 0 Å². The molecule has 0 amide bonds. The number of nitriles is 1. The summed E-state index contributed by atoms with van der Waals surface area (Å²) in [5.74, 6) is 0.864. The van der Waals surface area contributed by atoms with Crippen LogP contribution in [0.25, 0.3) is 0 Å². The molecule has 148 valence electrons. The quantitative estimate of drug-likeness (QED) is 0.543. The fraction of sp³-hybridized carbons (Fsp3) is 0.619. The third-order valence-corrected chi connectivity index (χ3v) is 5.06. The molecule has 1 aliphatic rings. The summed E-state index contributed by atoms with van der Waals surface area (Å²) in [6.45, 7) is 10.4. The molecule has 0 spiro atoms. The number of likely N-dealkylation sites (N-methyl/N-ethyl adjacent to an activating group) is 1. The highest BCUT2D eigenvalue weighted by Gasteiger charge is 2.22. The van der Waals surface area contributed by atoms with Gasteiger partial charge in [-0.1, -0.05) is 26.0 Å². The van der Waals surface area contributed by atoms with Crippen LogP contribution in [0.15, 0.2) is 29.3 Å². The zero-order valence-corrected chi connectivity index (χ0v) is 17.0. The molecule has 2 N–H and O–H groups in total. The lowest BCUT2D eigenvalue weighted by Gasteiger charge is -2.35. The van der Waals surface area contributed by atoms with E-state index in [0.29, 0.717) is 6.04 Å². The van der Waals surface area contributed by atoms with Gasteiger partial charge in [0.1, 0.15) is 6.07 Å². The first-order valence-corrected chi connectivity index (χ1v) is 10.1. The van der Waals surface area contributed by atoms with Crippen LogP contribution in [0.4, 0.5) is 5.69 Å². The largest absolute Gasteiger partial charge is 0.368 e. The van der Waals surface area contributed by atoms with Gasteiger partial charge in [0.25, 0.3) is 0 Å². The molecular weight excluding hydrogens is 336 g/mol. The van der Waals surface area contributed by atoms with Crippen molar-refractivity contribution in [3.63, 3.8) is 0 Å². The van der Waals surface area contributed by atoms with Crippen LogP contribution in [-0.4, -0.2) is 63.2 Å². The van der Waals surface area contributed by atoms with E-state index in [-0.39, 0.29) is 0 Å². The average molecular weight is 371 g/mol. The number of anilines is 1. The summed E-state index contributed by atoms with van der Waals surface area (Å²) in [5, 5.41) is 16.4. The second-order valence-electron chi connectivity index (χ2n) is 6.99. The molecule has 2 rings (SSSR count). The molecule has 0 radical (unpaired) electrons. The van der Waals surface area contributed by atoms with Gasteiger partial charge < -0.3 is 20.4 Å². The number of rotatable bonds is 8. The number of guanidine groups is 1. The predicted molar refractivity (Wildman–Crippen MR) is 113 cm³/mol. The van der Waals surface area contributed by atoms with Gasteiger partial charge in [0.05, 0.1) is 11.3 Å². The number of nitrogens with one attached hydrogen (secondary N) is 2. The summed E-state index contributed by atoms with van der Waals surface area (Å²) in [6.07, 6.45) is 3.40. The van der Waals surface area contributed by atoms with Crippen LogP contribution in [0.3, 0.4) is 0 Å². The number of benzene rings is 1. The number of piperidine rings is 1. The SMILES string of the molecule is CCCN(CC)CCNC(=NC)NC1CCCN(c2ccccc2C#N)C1. The fourth-order valence-corrected chi connectivity index (χ4v) is 3.62. The van der Waals surface area contributed by atoms with Gasteiger partial charge in [-0.2, -0.15) is 5.26 Å². The minimum Gasteiger partial charge on any atom is -0.368 e. The Kier molecular flexibility index (Phi) is 8.93. The first-order valence-electron chi connectivity index (χ1n) is 10.1. The molecule has 1 heterocycles. The third-order valence-electron chi connectivity index (χ3n) is 5.06. The van der Waals surface area contributed by atoms with Gasteiger partial charge in [-0.15, -0.1) is 0 Å². The molecule has 6 heteroatoms. The van der Waals surface area contributed by atoms with E-state index < -0.39 is 0 Å². The Morgan fingerprint density at radius 3 is 2.85 bits per heavy atom. The topological polar surface area (TPSA) is 66.7 Å². The van der Waals surface area contributed by atoms with E-state index in [1.165, 1.54) is 6.42 Å². The molecule has 27 heavy (non-hydrogen) atoms. The van der Waals surface area contributed by atoms with Crippen molar-refractivity contribution < 1.29 is 0 Å². The highest BCUT2D eigenvalue weighted by molar-refractivity contribution is 5.80. The zero-order valence-electron chi connectivity index (χ0n) is 17.0. The highest BCUT2D eigenvalue weighted by Crippen LogP contribution is 2.23. The molecule has 0 bridgehead atoms. The molecule has 0 aliphatic carbocycles. The summed E-state index contributed by atoms with van der Waals surface area (Å²) in [7, 11) is 1.82. The summed E-state index contributed by atoms with van der Waals surface area (Å²) >= 11 is 0. The maximum atomic E-state index is 9.37. The van der Waals surface area contributed by atoms with Crippen molar-refractivity contribution in [2.75, 3.05) is 51.2 Å². The van der Waals surface area contributed by atoms with E-state index in [4.69, 9.17) is 0 Å². The van der Waals surface area contributed by atoms with Crippen molar-refractivity contribution in [3.8, 4) is 6.07 Å². The molecule has 1 atom stereocenters. The number of aliphatic imine (C=N–C) groups is 1. The predicted octanol–water partition coefficient (Wildman–Crippen LogP) is 2.42. The summed E-state index contributed by atoms with van der Waals surface area (Å²) in [6, 6.07) is 10.5. The molecule has 1 aromatic carbocycles. The molecule has 1 aromatic rings. The highest BCUT2D eigenvalue weighted by atomic mass is 15.2. The lowest BCUT2D eigenvalue weighted by Crippen LogP contribution is -2.52. The molecule has 1 saturated heterocycles. The van der Waals surface area contributed by atoms with E-state index in [2.05, 4.69) is 45.3 Å². The Labute approximate surface area is 164 Å². The number of para-hydroxylation sites is 1. The number of hydrogen-bond donors (Lipinski definition) is 2. The van der Waals surface area contributed by atoms with Gasteiger partial charge in [-0.3, -0.25) is 4.99 Å². The van der Waals surface area contributed by atoms with E-state index in [9.17, 15) is 5.26 Å². The van der Waals surface area contributed by atoms with Crippen molar-refractivity contribution in [1.29, 1.82) is 5.26 Å². The first kappa shape index (κ1) is 21.0. The Morgan fingerprint density at radius 2 is 2.15 bits per heavy atom. The molecule has 0 saturated carbocycles. The maximum absolute atomic E-state index is 9.37. The Balaban J connectivity index is 1.87. The number of nitrogens with zero attached hydrogens (tertiary/aromatic N) is 4. The van der Waals surface area contributed by atoms with Crippen LogP contribution in [0, 0.1) is 11.3 Å². The van der Waals surface area contributed by atoms with Crippen LogP contribution in [0.1, 0.15) is 38.7 Å². The van der Waals surface area contributed by atoms with Crippen molar-refractivity contribution in [3.05, 3.63) is 29.8 Å². The van der Waals surface area contributed by atoms with Crippen LogP contribution in [0.5, 0.6) is 0 Å². The molecule has 6 nitrogen and oxygen atoms in total. The maximum Gasteiger partial charge on any atom is 0.191 e. The Morgan fingerprint density at radius 1 is 1.33 bits per heavy atom. The van der Waals surface area contributed by atoms with Crippen molar-refractivity contribution >= 4 is 11.6 Å². The minimum absolute atomic E-state index is 0.328. The summed E-state index contributed by atoms with van der Waals surface area (Å²) in [4.78, 5) is 9.15. The number of hydrogen-bond acceptors (Lipinski definition) is 4. The minimum atomic E-state index is 0.328. The van der Waals surface area contributed by atoms with E-state index >= 15 is 0 Å². The van der Waals surface area contributed by atoms with Crippen molar-refractivity contribution in [2.24, 2.45) is 4.99 Å². The lowest BCUT2D eigenvalue weighted by atomic mass is 10.0. The average Bonchev–Trinajstić information content (AvgIpc) is 2.72.